The van der Waals surface area contributed by atoms with Crippen molar-refractivity contribution in [2.75, 3.05) is 38.1 Å². The van der Waals surface area contributed by atoms with E-state index in [1.807, 2.05) is 24.0 Å². The summed E-state index contributed by atoms with van der Waals surface area (Å²) in [7, 11) is 1.84. The lowest BCUT2D eigenvalue weighted by molar-refractivity contribution is 0.372. The first kappa shape index (κ1) is 20.3. The molecule has 9 heteroatoms. The van der Waals surface area contributed by atoms with Crippen LogP contribution in [0.2, 0.25) is 0 Å². The Kier molecular flexibility index (Phi) is 6.58. The van der Waals surface area contributed by atoms with Crippen LogP contribution in [0.4, 0.5) is 5.13 Å². The first-order valence-electron chi connectivity index (χ1n) is 10.3. The number of nitrogens with zero attached hydrogens (tertiary/aromatic N) is 7. The third-order valence-corrected chi connectivity index (χ3v) is 5.97. The SMILES string of the molecule is CCc1nsc(N2CCN(C(=NC)NCc3cnn(Cc4ccccc4)c3)CC2)n1. The van der Waals surface area contributed by atoms with Crippen LogP contribution in [-0.2, 0) is 19.5 Å². The van der Waals surface area contributed by atoms with Crippen molar-refractivity contribution in [3.05, 3.63) is 59.7 Å². The zero-order valence-corrected chi connectivity index (χ0v) is 18.3. The van der Waals surface area contributed by atoms with Crippen LogP contribution in [0.15, 0.2) is 47.7 Å². The Morgan fingerprint density at radius 2 is 1.93 bits per heavy atom. The number of benzene rings is 1. The number of anilines is 1. The van der Waals surface area contributed by atoms with Crippen LogP contribution >= 0.6 is 11.5 Å². The predicted octanol–water partition coefficient (Wildman–Crippen LogP) is 2.24. The zero-order chi connectivity index (χ0) is 20.8. The second kappa shape index (κ2) is 9.71. The molecule has 4 rings (SSSR count). The van der Waals surface area contributed by atoms with Crippen molar-refractivity contribution >= 4 is 22.6 Å². The van der Waals surface area contributed by atoms with Gasteiger partial charge in [-0.15, -0.1) is 0 Å². The van der Waals surface area contributed by atoms with Crippen LogP contribution in [0.1, 0.15) is 23.9 Å². The van der Waals surface area contributed by atoms with E-state index in [0.717, 1.165) is 61.6 Å². The maximum atomic E-state index is 4.61. The van der Waals surface area contributed by atoms with E-state index in [2.05, 4.69) is 72.0 Å². The van der Waals surface area contributed by atoms with Gasteiger partial charge >= 0.3 is 0 Å². The standard InChI is InChI=1S/C21H28N8S/c1-3-19-25-21(30-26-19)28-11-9-27(10-12-28)20(22-2)23-13-18-14-24-29(16-18)15-17-7-5-4-6-8-17/h4-8,14,16H,3,9-13,15H2,1-2H3,(H,22,23). The Bertz CT molecular complexity index is 956. The van der Waals surface area contributed by atoms with Gasteiger partial charge in [-0.2, -0.15) is 9.47 Å². The van der Waals surface area contributed by atoms with Gasteiger partial charge < -0.3 is 15.1 Å². The molecule has 1 fully saturated rings. The third kappa shape index (κ3) is 4.96. The van der Waals surface area contributed by atoms with Crippen molar-refractivity contribution in [1.82, 2.24) is 29.4 Å². The molecule has 3 aromatic rings. The van der Waals surface area contributed by atoms with Gasteiger partial charge in [0.25, 0.3) is 0 Å². The van der Waals surface area contributed by atoms with Crippen LogP contribution in [0.3, 0.4) is 0 Å². The molecule has 8 nitrogen and oxygen atoms in total. The molecule has 0 radical (unpaired) electrons. The lowest BCUT2D eigenvalue weighted by Crippen LogP contribution is -2.52. The minimum Gasteiger partial charge on any atom is -0.352 e. The normalized spacial score (nSPS) is 14.9. The van der Waals surface area contributed by atoms with Crippen LogP contribution in [-0.4, -0.2) is 63.2 Å². The highest BCUT2D eigenvalue weighted by Crippen LogP contribution is 2.19. The monoisotopic (exact) mass is 424 g/mol. The van der Waals surface area contributed by atoms with E-state index < -0.39 is 0 Å². The van der Waals surface area contributed by atoms with E-state index >= 15 is 0 Å². The molecule has 158 valence electrons. The molecular formula is C21H28N8S. The molecular weight excluding hydrogens is 396 g/mol. The Balaban J connectivity index is 1.27. The number of hydrogen-bond acceptors (Lipinski definition) is 6. The van der Waals surface area contributed by atoms with Crippen LogP contribution < -0.4 is 10.2 Å². The largest absolute Gasteiger partial charge is 0.352 e. The summed E-state index contributed by atoms with van der Waals surface area (Å²) in [6.45, 7) is 7.25. The molecule has 3 heterocycles. The molecule has 1 aromatic carbocycles. The van der Waals surface area contributed by atoms with E-state index in [-0.39, 0.29) is 0 Å². The van der Waals surface area contributed by atoms with Gasteiger partial charge in [-0.1, -0.05) is 37.3 Å². The van der Waals surface area contributed by atoms with E-state index in [1.165, 1.54) is 17.1 Å². The van der Waals surface area contributed by atoms with Gasteiger partial charge in [-0.05, 0) is 5.56 Å². The van der Waals surface area contributed by atoms with Gasteiger partial charge in [0.05, 0.1) is 12.7 Å². The molecule has 1 saturated heterocycles. The lowest BCUT2D eigenvalue weighted by atomic mass is 10.2. The molecule has 0 bridgehead atoms. The maximum Gasteiger partial charge on any atom is 0.205 e. The summed E-state index contributed by atoms with van der Waals surface area (Å²) in [6.07, 6.45) is 4.89. The first-order chi connectivity index (χ1) is 14.7. The number of aryl methyl sites for hydroxylation is 1. The summed E-state index contributed by atoms with van der Waals surface area (Å²) in [5.41, 5.74) is 2.39. The summed E-state index contributed by atoms with van der Waals surface area (Å²) < 4.78 is 6.38. The predicted molar refractivity (Wildman–Crippen MR) is 121 cm³/mol. The highest BCUT2D eigenvalue weighted by molar-refractivity contribution is 7.09. The molecule has 0 spiro atoms. The van der Waals surface area contributed by atoms with Crippen molar-refractivity contribution in [1.29, 1.82) is 0 Å². The van der Waals surface area contributed by atoms with Crippen LogP contribution in [0.25, 0.3) is 0 Å². The topological polar surface area (TPSA) is 74.5 Å². The Labute approximate surface area is 181 Å². The average molecular weight is 425 g/mol. The summed E-state index contributed by atoms with van der Waals surface area (Å²) in [5.74, 6) is 1.86. The van der Waals surface area contributed by atoms with Crippen LogP contribution in [0, 0.1) is 0 Å². The van der Waals surface area contributed by atoms with Crippen molar-refractivity contribution in [3.8, 4) is 0 Å². The summed E-state index contributed by atoms with van der Waals surface area (Å²) in [4.78, 5) is 13.7. The fourth-order valence-electron chi connectivity index (χ4n) is 3.49. The first-order valence-corrected chi connectivity index (χ1v) is 11.1. The Morgan fingerprint density at radius 3 is 2.63 bits per heavy atom. The van der Waals surface area contributed by atoms with Gasteiger partial charge in [0, 0.05) is 69.5 Å². The summed E-state index contributed by atoms with van der Waals surface area (Å²) in [5, 5.41) is 8.99. The van der Waals surface area contributed by atoms with Gasteiger partial charge in [0.1, 0.15) is 5.82 Å². The fourth-order valence-corrected chi connectivity index (χ4v) is 4.30. The Morgan fingerprint density at radius 1 is 1.13 bits per heavy atom. The molecule has 0 aliphatic carbocycles. The average Bonchev–Trinajstić information content (AvgIpc) is 3.45. The number of guanidine groups is 1. The quantitative estimate of drug-likeness (QED) is 0.483. The summed E-state index contributed by atoms with van der Waals surface area (Å²) >= 11 is 1.50. The van der Waals surface area contributed by atoms with Crippen molar-refractivity contribution < 1.29 is 0 Å². The van der Waals surface area contributed by atoms with Crippen LogP contribution in [0.5, 0.6) is 0 Å². The number of rotatable bonds is 6. The number of hydrogen-bond donors (Lipinski definition) is 1. The highest BCUT2D eigenvalue weighted by atomic mass is 32.1. The van der Waals surface area contributed by atoms with Gasteiger partial charge in [-0.25, -0.2) is 4.98 Å². The molecule has 0 atom stereocenters. The molecule has 0 saturated carbocycles. The second-order valence-electron chi connectivity index (χ2n) is 7.25. The van der Waals surface area contributed by atoms with Gasteiger partial charge in [0.2, 0.25) is 5.13 Å². The zero-order valence-electron chi connectivity index (χ0n) is 17.5. The van der Waals surface area contributed by atoms with E-state index in [4.69, 9.17) is 0 Å². The summed E-state index contributed by atoms with van der Waals surface area (Å²) in [6, 6.07) is 10.4. The minimum atomic E-state index is 0.706. The van der Waals surface area contributed by atoms with E-state index in [9.17, 15) is 0 Å². The molecule has 1 N–H and O–H groups in total. The molecule has 0 unspecified atom stereocenters. The van der Waals surface area contributed by atoms with Crippen molar-refractivity contribution in [3.63, 3.8) is 0 Å². The van der Waals surface area contributed by atoms with E-state index in [0.29, 0.717) is 6.54 Å². The third-order valence-electron chi connectivity index (χ3n) is 5.16. The smallest absolute Gasteiger partial charge is 0.205 e. The molecule has 2 aromatic heterocycles. The molecule has 30 heavy (non-hydrogen) atoms. The lowest BCUT2D eigenvalue weighted by Gasteiger charge is -2.36. The van der Waals surface area contributed by atoms with Crippen molar-refractivity contribution in [2.45, 2.75) is 26.4 Å². The Hall–Kier alpha value is -2.94. The number of piperazine rings is 1. The number of nitrogens with one attached hydrogen (secondary N) is 1. The van der Waals surface area contributed by atoms with Gasteiger partial charge in [0.15, 0.2) is 5.96 Å². The maximum absolute atomic E-state index is 4.61. The molecule has 1 aliphatic rings. The number of aliphatic imine (C=N–C) groups is 1. The van der Waals surface area contributed by atoms with E-state index in [1.54, 1.807) is 0 Å². The molecule has 1 aliphatic heterocycles. The molecule has 0 amide bonds. The second-order valence-corrected chi connectivity index (χ2v) is 7.98. The van der Waals surface area contributed by atoms with Crippen molar-refractivity contribution in [2.24, 2.45) is 4.99 Å². The fraction of sp³-hybridized carbons (Fsp3) is 0.429. The minimum absolute atomic E-state index is 0.706. The van der Waals surface area contributed by atoms with Gasteiger partial charge in [-0.3, -0.25) is 9.67 Å². The highest BCUT2D eigenvalue weighted by Gasteiger charge is 2.22. The number of aromatic nitrogens is 4.